The van der Waals surface area contributed by atoms with E-state index in [4.69, 9.17) is 0 Å². The van der Waals surface area contributed by atoms with Crippen LogP contribution in [0.4, 0.5) is 0 Å². The maximum atomic E-state index is 2.40. The van der Waals surface area contributed by atoms with Gasteiger partial charge in [0.05, 0.1) is 0 Å². The molecule has 0 N–H and O–H groups in total. The first-order valence-electron chi connectivity index (χ1n) is 3.43. The van der Waals surface area contributed by atoms with Crippen molar-refractivity contribution in [2.45, 2.75) is 24.3 Å². The van der Waals surface area contributed by atoms with Gasteiger partial charge in [0.2, 0.25) is 0 Å². The Labute approximate surface area is 65.2 Å². The molecule has 0 radical (unpaired) electrons. The summed E-state index contributed by atoms with van der Waals surface area (Å²) in [5.41, 5.74) is 0.666. The van der Waals surface area contributed by atoms with Crippen LogP contribution < -0.4 is 0 Å². The standard InChI is InChI=1S/C7H12S2/c1-7(2)4-9-6(7)5-3-8-5/h5-6H,3-4H2,1-2H3. The first kappa shape index (κ1) is 6.41. The van der Waals surface area contributed by atoms with Gasteiger partial charge in [0, 0.05) is 16.3 Å². The molecule has 0 aromatic carbocycles. The van der Waals surface area contributed by atoms with Crippen molar-refractivity contribution in [1.29, 1.82) is 0 Å². The highest BCUT2D eigenvalue weighted by Crippen LogP contribution is 2.54. The van der Waals surface area contributed by atoms with Gasteiger partial charge in [0.1, 0.15) is 0 Å². The van der Waals surface area contributed by atoms with Gasteiger partial charge in [-0.05, 0) is 11.2 Å². The Kier molecular flexibility index (Phi) is 1.32. The van der Waals surface area contributed by atoms with Gasteiger partial charge < -0.3 is 0 Å². The van der Waals surface area contributed by atoms with Gasteiger partial charge in [-0.15, -0.1) is 0 Å². The molecule has 2 rings (SSSR count). The number of thioether (sulfide) groups is 2. The fourth-order valence-electron chi connectivity index (χ4n) is 1.35. The third-order valence-electron chi connectivity index (χ3n) is 2.10. The minimum absolute atomic E-state index is 0.666. The third-order valence-corrected chi connectivity index (χ3v) is 5.50. The number of rotatable bonds is 1. The summed E-state index contributed by atoms with van der Waals surface area (Å²) in [6.07, 6.45) is 0. The average molecular weight is 160 g/mol. The van der Waals surface area contributed by atoms with Gasteiger partial charge in [0.25, 0.3) is 0 Å². The van der Waals surface area contributed by atoms with E-state index < -0.39 is 0 Å². The van der Waals surface area contributed by atoms with Crippen LogP contribution in [0.1, 0.15) is 13.8 Å². The lowest BCUT2D eigenvalue weighted by atomic mass is 9.88. The number of hydrogen-bond donors (Lipinski definition) is 0. The molecule has 0 aromatic rings. The van der Waals surface area contributed by atoms with Crippen molar-refractivity contribution in [3.63, 3.8) is 0 Å². The molecule has 2 unspecified atom stereocenters. The lowest BCUT2D eigenvalue weighted by Gasteiger charge is -2.43. The molecule has 0 nitrogen and oxygen atoms in total. The summed E-state index contributed by atoms with van der Waals surface area (Å²) in [5.74, 6) is 2.82. The Bertz CT molecular complexity index is 127. The second kappa shape index (κ2) is 1.85. The molecular weight excluding hydrogens is 148 g/mol. The average Bonchev–Trinajstić information content (AvgIpc) is 2.48. The largest absolute Gasteiger partial charge is 0.156 e. The molecule has 0 aliphatic carbocycles. The zero-order valence-corrected chi connectivity index (χ0v) is 7.52. The van der Waals surface area contributed by atoms with Crippen molar-refractivity contribution in [2.75, 3.05) is 11.5 Å². The molecule has 2 atom stereocenters. The molecule has 0 amide bonds. The normalized spacial score (nSPS) is 46.0. The molecule has 9 heavy (non-hydrogen) atoms. The molecule has 0 bridgehead atoms. The fourth-order valence-corrected chi connectivity index (χ4v) is 4.13. The summed E-state index contributed by atoms with van der Waals surface area (Å²) in [4.78, 5) is 0. The topological polar surface area (TPSA) is 0 Å². The molecule has 2 fully saturated rings. The summed E-state index contributed by atoms with van der Waals surface area (Å²) in [6, 6.07) is 0. The fraction of sp³-hybridized carbons (Fsp3) is 1.00. The minimum atomic E-state index is 0.666. The van der Waals surface area contributed by atoms with E-state index in [9.17, 15) is 0 Å². The van der Waals surface area contributed by atoms with Gasteiger partial charge >= 0.3 is 0 Å². The summed E-state index contributed by atoms with van der Waals surface area (Å²) in [5, 5.41) is 2.02. The van der Waals surface area contributed by atoms with Gasteiger partial charge in [-0.25, -0.2) is 0 Å². The van der Waals surface area contributed by atoms with E-state index >= 15 is 0 Å². The second-order valence-electron chi connectivity index (χ2n) is 3.59. The van der Waals surface area contributed by atoms with Crippen LogP contribution in [0.15, 0.2) is 0 Å². The minimum Gasteiger partial charge on any atom is -0.156 e. The highest BCUT2D eigenvalue weighted by Gasteiger charge is 2.48. The molecule has 0 aromatic heterocycles. The molecular formula is C7H12S2. The van der Waals surface area contributed by atoms with Gasteiger partial charge in [-0.2, -0.15) is 23.5 Å². The van der Waals surface area contributed by atoms with E-state index in [1.54, 1.807) is 0 Å². The number of hydrogen-bond acceptors (Lipinski definition) is 2. The zero-order valence-electron chi connectivity index (χ0n) is 5.89. The lowest BCUT2D eigenvalue weighted by Crippen LogP contribution is -2.42. The Morgan fingerprint density at radius 1 is 1.33 bits per heavy atom. The van der Waals surface area contributed by atoms with Crippen molar-refractivity contribution in [3.05, 3.63) is 0 Å². The van der Waals surface area contributed by atoms with Crippen LogP contribution >= 0.6 is 23.5 Å². The zero-order chi connectivity index (χ0) is 6.48. The third kappa shape index (κ3) is 1.01. The van der Waals surface area contributed by atoms with E-state index in [1.807, 2.05) is 0 Å². The first-order chi connectivity index (χ1) is 4.20. The van der Waals surface area contributed by atoms with Crippen molar-refractivity contribution in [1.82, 2.24) is 0 Å². The quantitative estimate of drug-likeness (QED) is 0.540. The van der Waals surface area contributed by atoms with E-state index in [0.29, 0.717) is 5.41 Å². The smallest absolute Gasteiger partial charge is 0.0263 e. The molecule has 2 saturated heterocycles. The molecule has 52 valence electrons. The Balaban J connectivity index is 1.98. The molecule has 0 saturated carbocycles. The van der Waals surface area contributed by atoms with E-state index in [0.717, 1.165) is 10.5 Å². The first-order valence-corrected chi connectivity index (χ1v) is 5.53. The Hall–Kier alpha value is 0.700. The lowest BCUT2D eigenvalue weighted by molar-refractivity contribution is 0.376. The highest BCUT2D eigenvalue weighted by molar-refractivity contribution is 8.09. The predicted octanol–water partition coefficient (Wildman–Crippen LogP) is 2.24. The predicted molar refractivity (Wildman–Crippen MR) is 46.3 cm³/mol. The molecule has 2 heterocycles. The molecule has 0 spiro atoms. The van der Waals surface area contributed by atoms with Gasteiger partial charge in [0.15, 0.2) is 0 Å². The van der Waals surface area contributed by atoms with Gasteiger partial charge in [-0.1, -0.05) is 13.8 Å². The summed E-state index contributed by atoms with van der Waals surface area (Å²) >= 11 is 4.30. The SMILES string of the molecule is CC1(C)CSC1C1CS1. The van der Waals surface area contributed by atoms with E-state index in [2.05, 4.69) is 37.4 Å². The monoisotopic (exact) mass is 160 g/mol. The Morgan fingerprint density at radius 2 is 2.00 bits per heavy atom. The van der Waals surface area contributed by atoms with Crippen LogP contribution in [0.5, 0.6) is 0 Å². The van der Waals surface area contributed by atoms with Gasteiger partial charge in [-0.3, -0.25) is 0 Å². The molecule has 2 aliphatic heterocycles. The van der Waals surface area contributed by atoms with Crippen LogP contribution in [0, 0.1) is 5.41 Å². The van der Waals surface area contributed by atoms with Crippen molar-refractivity contribution in [2.24, 2.45) is 5.41 Å². The van der Waals surface area contributed by atoms with Crippen LogP contribution in [0.25, 0.3) is 0 Å². The molecule has 2 aliphatic rings. The maximum Gasteiger partial charge on any atom is 0.0263 e. The summed E-state index contributed by atoms with van der Waals surface area (Å²) in [6.45, 7) is 4.79. The van der Waals surface area contributed by atoms with Crippen LogP contribution in [-0.2, 0) is 0 Å². The summed E-state index contributed by atoms with van der Waals surface area (Å²) < 4.78 is 0. The Morgan fingerprint density at radius 3 is 2.11 bits per heavy atom. The summed E-state index contributed by atoms with van der Waals surface area (Å²) in [7, 11) is 0. The second-order valence-corrected chi connectivity index (χ2v) is 5.99. The van der Waals surface area contributed by atoms with Crippen molar-refractivity contribution >= 4 is 23.5 Å². The van der Waals surface area contributed by atoms with Crippen LogP contribution in [0.3, 0.4) is 0 Å². The highest BCUT2D eigenvalue weighted by atomic mass is 32.2. The van der Waals surface area contributed by atoms with Crippen molar-refractivity contribution in [3.8, 4) is 0 Å². The maximum absolute atomic E-state index is 2.40. The van der Waals surface area contributed by atoms with E-state index in [-0.39, 0.29) is 0 Å². The van der Waals surface area contributed by atoms with Crippen LogP contribution in [-0.4, -0.2) is 22.0 Å². The molecule has 2 heteroatoms. The van der Waals surface area contributed by atoms with E-state index in [1.165, 1.54) is 11.5 Å². The van der Waals surface area contributed by atoms with Crippen LogP contribution in [0.2, 0.25) is 0 Å². The van der Waals surface area contributed by atoms with Crippen molar-refractivity contribution < 1.29 is 0 Å².